The van der Waals surface area contributed by atoms with Crippen molar-refractivity contribution < 1.29 is 9.59 Å². The van der Waals surface area contributed by atoms with Crippen molar-refractivity contribution in [3.8, 4) is 16.4 Å². The highest BCUT2D eigenvalue weighted by Gasteiger charge is 2.33. The number of nitrogens with one attached hydrogen (secondary N) is 1. The van der Waals surface area contributed by atoms with Crippen LogP contribution in [0.25, 0.3) is 16.4 Å². The van der Waals surface area contributed by atoms with Crippen LogP contribution >= 0.6 is 11.3 Å². The van der Waals surface area contributed by atoms with Crippen LogP contribution in [-0.4, -0.2) is 68.2 Å². The summed E-state index contributed by atoms with van der Waals surface area (Å²) in [4.78, 5) is 35.2. The molecule has 3 aromatic rings. The fourth-order valence-electron chi connectivity index (χ4n) is 5.57. The van der Waals surface area contributed by atoms with Crippen molar-refractivity contribution in [2.45, 2.75) is 77.8 Å². The topological polar surface area (TPSA) is 83.4 Å². The highest BCUT2D eigenvalue weighted by Crippen LogP contribution is 2.29. The molecule has 3 amide bonds. The predicted octanol–water partition coefficient (Wildman–Crippen LogP) is 5.62. The smallest absolute Gasteiger partial charge is 0.317 e. The molecular weight excluding hydrogens is 496 g/mol. The molecule has 1 unspecified atom stereocenters. The quantitative estimate of drug-likeness (QED) is 0.461. The van der Waals surface area contributed by atoms with Gasteiger partial charge in [-0.1, -0.05) is 62.9 Å². The Hall–Kier alpha value is -3.20. The van der Waals surface area contributed by atoms with Crippen LogP contribution < -0.4 is 5.32 Å². The number of rotatable bonds is 5. The summed E-state index contributed by atoms with van der Waals surface area (Å²) >= 11 is 1.53. The van der Waals surface area contributed by atoms with Gasteiger partial charge in [0.15, 0.2) is 0 Å². The van der Waals surface area contributed by atoms with Crippen LogP contribution in [0, 0.1) is 6.92 Å². The molecule has 3 heterocycles. The van der Waals surface area contributed by atoms with Crippen LogP contribution in [0.1, 0.15) is 80.4 Å². The minimum Gasteiger partial charge on any atom is -0.335 e. The van der Waals surface area contributed by atoms with Crippen molar-refractivity contribution in [3.63, 3.8) is 0 Å². The van der Waals surface area contributed by atoms with Gasteiger partial charge in [0.2, 0.25) is 5.13 Å². The molecule has 2 aromatic heterocycles. The fraction of sp³-hybridized carbons (Fsp3) is 0.517. The lowest BCUT2D eigenvalue weighted by atomic mass is 9.96. The number of aryl methyl sites for hydroxylation is 1. The van der Waals surface area contributed by atoms with Crippen LogP contribution in [-0.2, 0) is 0 Å². The third kappa shape index (κ3) is 5.48. The molecule has 1 aliphatic carbocycles. The molecule has 1 aliphatic heterocycles. The zero-order chi connectivity index (χ0) is 26.8. The van der Waals surface area contributed by atoms with E-state index in [9.17, 15) is 9.59 Å². The Labute approximate surface area is 229 Å². The monoisotopic (exact) mass is 534 g/mol. The van der Waals surface area contributed by atoms with Crippen molar-refractivity contribution in [1.82, 2.24) is 29.9 Å². The predicted molar refractivity (Wildman–Crippen MR) is 151 cm³/mol. The van der Waals surface area contributed by atoms with Gasteiger partial charge in [-0.2, -0.15) is 5.10 Å². The third-order valence-electron chi connectivity index (χ3n) is 7.71. The van der Waals surface area contributed by atoms with Gasteiger partial charge in [-0.3, -0.25) is 4.79 Å². The zero-order valence-corrected chi connectivity index (χ0v) is 23.6. The summed E-state index contributed by atoms with van der Waals surface area (Å²) in [5.74, 6) is 0.0533. The number of hydrogen-bond donors (Lipinski definition) is 1. The Morgan fingerprint density at radius 1 is 1.08 bits per heavy atom. The van der Waals surface area contributed by atoms with Crippen molar-refractivity contribution in [1.29, 1.82) is 0 Å². The molecule has 9 heteroatoms. The maximum Gasteiger partial charge on any atom is 0.317 e. The fourth-order valence-corrected chi connectivity index (χ4v) is 6.37. The minimum atomic E-state index is -0.0511. The molecule has 0 spiro atoms. The molecule has 1 aromatic carbocycles. The molecule has 1 saturated heterocycles. The van der Waals surface area contributed by atoms with E-state index >= 15 is 0 Å². The Kier molecular flexibility index (Phi) is 7.83. The van der Waals surface area contributed by atoms with Crippen molar-refractivity contribution in [2.75, 3.05) is 19.6 Å². The van der Waals surface area contributed by atoms with Crippen LogP contribution in [0.3, 0.4) is 0 Å². The molecule has 0 radical (unpaired) electrons. The lowest BCUT2D eigenvalue weighted by Crippen LogP contribution is -2.58. The number of carbonyl (C=O) groups excluding carboxylic acids is 2. The normalized spacial score (nSPS) is 18.7. The van der Waals surface area contributed by atoms with Crippen molar-refractivity contribution in [3.05, 3.63) is 52.7 Å². The Balaban J connectivity index is 1.30. The third-order valence-corrected chi connectivity index (χ3v) is 8.53. The number of carbonyl (C=O) groups is 2. The summed E-state index contributed by atoms with van der Waals surface area (Å²) in [6, 6.07) is 8.54. The first kappa shape index (κ1) is 26.4. The number of amides is 3. The largest absolute Gasteiger partial charge is 0.335 e. The second-order valence-corrected chi connectivity index (χ2v) is 11.8. The van der Waals surface area contributed by atoms with Gasteiger partial charge >= 0.3 is 6.03 Å². The summed E-state index contributed by atoms with van der Waals surface area (Å²) in [5, 5.41) is 10.6. The van der Waals surface area contributed by atoms with E-state index in [4.69, 9.17) is 4.98 Å². The molecule has 0 bridgehead atoms. The van der Waals surface area contributed by atoms with Crippen molar-refractivity contribution >= 4 is 23.3 Å². The van der Waals surface area contributed by atoms with Gasteiger partial charge in [-0.15, -0.1) is 11.3 Å². The molecule has 8 nitrogen and oxygen atoms in total. The number of hydrogen-bond acceptors (Lipinski definition) is 5. The molecular formula is C29H38N6O2S. The van der Waals surface area contributed by atoms with Crippen LogP contribution in [0.4, 0.5) is 4.79 Å². The molecule has 5 rings (SSSR count). The summed E-state index contributed by atoms with van der Waals surface area (Å²) < 4.78 is 1.82. The van der Waals surface area contributed by atoms with Gasteiger partial charge in [-0.25, -0.2) is 14.5 Å². The summed E-state index contributed by atoms with van der Waals surface area (Å²) in [7, 11) is 0. The van der Waals surface area contributed by atoms with Gasteiger partial charge < -0.3 is 15.1 Å². The molecule has 202 valence electrons. The van der Waals surface area contributed by atoms with Gasteiger partial charge in [0.1, 0.15) is 0 Å². The second kappa shape index (κ2) is 11.3. The molecule has 1 saturated carbocycles. The number of benzene rings is 1. The lowest BCUT2D eigenvalue weighted by molar-refractivity contribution is 0.0573. The SMILES string of the molecule is Cc1ccc(-c2csc(-n3ncc(C(=O)N4CCN(C(=O)NC5CCCCC5)C(C)C4)c3C(C)C)n2)cc1. The van der Waals surface area contributed by atoms with Crippen LogP contribution in [0.5, 0.6) is 0 Å². The average Bonchev–Trinajstić information content (AvgIpc) is 3.57. The van der Waals surface area contributed by atoms with Gasteiger partial charge in [0.25, 0.3) is 5.91 Å². The van der Waals surface area contributed by atoms with E-state index in [1.165, 1.54) is 36.2 Å². The van der Waals surface area contributed by atoms with Gasteiger partial charge in [0, 0.05) is 42.7 Å². The number of thiazole rings is 1. The summed E-state index contributed by atoms with van der Waals surface area (Å²) in [6.07, 6.45) is 7.43. The summed E-state index contributed by atoms with van der Waals surface area (Å²) in [6.45, 7) is 9.80. The van der Waals surface area contributed by atoms with Crippen LogP contribution in [0.15, 0.2) is 35.8 Å². The first-order chi connectivity index (χ1) is 18.3. The molecule has 38 heavy (non-hydrogen) atoms. The van der Waals surface area contributed by atoms with E-state index < -0.39 is 0 Å². The average molecular weight is 535 g/mol. The Morgan fingerprint density at radius 2 is 1.82 bits per heavy atom. The lowest BCUT2D eigenvalue weighted by Gasteiger charge is -2.40. The number of nitrogens with zero attached hydrogens (tertiary/aromatic N) is 5. The standard InChI is InChI=1S/C29H38N6O2S/c1-19(2)26-24(16-30-35(26)29-32-25(18-38-29)22-12-10-20(3)11-13-22)27(36)33-14-15-34(21(4)17-33)28(37)31-23-8-6-5-7-9-23/h10-13,16,18-19,21,23H,5-9,14-15,17H2,1-4H3,(H,31,37). The minimum absolute atomic E-state index is 0.000314. The van der Waals surface area contributed by atoms with E-state index in [1.54, 1.807) is 6.20 Å². The maximum absolute atomic E-state index is 13.7. The van der Waals surface area contributed by atoms with Gasteiger partial charge in [-0.05, 0) is 32.6 Å². The van der Waals surface area contributed by atoms with Crippen LogP contribution in [0.2, 0.25) is 0 Å². The highest BCUT2D eigenvalue weighted by molar-refractivity contribution is 7.12. The van der Waals surface area contributed by atoms with E-state index in [1.807, 2.05) is 26.8 Å². The Bertz CT molecular complexity index is 1270. The van der Waals surface area contributed by atoms with E-state index in [2.05, 4.69) is 55.5 Å². The number of piperazine rings is 1. The molecule has 1 N–H and O–H groups in total. The zero-order valence-electron chi connectivity index (χ0n) is 22.8. The Morgan fingerprint density at radius 3 is 2.50 bits per heavy atom. The first-order valence-corrected chi connectivity index (χ1v) is 14.7. The van der Waals surface area contributed by atoms with E-state index in [0.717, 1.165) is 34.9 Å². The van der Waals surface area contributed by atoms with E-state index in [-0.39, 0.29) is 29.9 Å². The molecule has 2 aliphatic rings. The molecule has 2 fully saturated rings. The number of urea groups is 1. The van der Waals surface area contributed by atoms with Gasteiger partial charge in [0.05, 0.1) is 23.1 Å². The number of aromatic nitrogens is 3. The molecule has 1 atom stereocenters. The maximum atomic E-state index is 13.7. The van der Waals surface area contributed by atoms with E-state index in [0.29, 0.717) is 25.2 Å². The highest BCUT2D eigenvalue weighted by atomic mass is 32.1. The first-order valence-electron chi connectivity index (χ1n) is 13.8. The second-order valence-electron chi connectivity index (χ2n) is 11.0. The summed E-state index contributed by atoms with van der Waals surface area (Å²) in [5.41, 5.74) is 4.65. The van der Waals surface area contributed by atoms with Crippen molar-refractivity contribution in [2.24, 2.45) is 0 Å².